The Morgan fingerprint density at radius 2 is 1.94 bits per heavy atom. The van der Waals surface area contributed by atoms with Gasteiger partial charge in [-0.3, -0.25) is 14.9 Å². The Hall–Kier alpha value is -3.28. The van der Waals surface area contributed by atoms with Gasteiger partial charge in [0.1, 0.15) is 40.9 Å². The predicted octanol–water partition coefficient (Wildman–Crippen LogP) is 4.48. The number of hydrogen-bond donors (Lipinski definition) is 2. The quantitative estimate of drug-likeness (QED) is 0.0996. The van der Waals surface area contributed by atoms with Gasteiger partial charge in [0, 0.05) is 57.9 Å². The third-order valence-corrected chi connectivity index (χ3v) is 12.8. The molecule has 298 valence electrons. The van der Waals surface area contributed by atoms with Crippen molar-refractivity contribution in [3.05, 3.63) is 46.5 Å². The number of rotatable bonds is 12. The average molecular weight is 812 g/mol. The third-order valence-electron chi connectivity index (χ3n) is 10.0. The molecule has 2 fully saturated rings. The Balaban J connectivity index is 1.71. The minimum atomic E-state index is -1.85. The number of allylic oxidation sites excluding steroid dienone is 3. The molecule has 0 saturated carbocycles. The Morgan fingerprint density at radius 1 is 1.24 bits per heavy atom. The van der Waals surface area contributed by atoms with Crippen LogP contribution in [0.25, 0.3) is 0 Å². The Morgan fingerprint density at radius 3 is 2.61 bits per heavy atom. The SMILES string of the molecule is COc1cc2cc(c1Cl)N(C)C(=O)[C@H](OC(=O)[C@H](C)N(C)C(=O)CCSSCCC=O)[C@]1(C)O[C@H]1[C@H](C)[C@@H]1C[C@@](O)(NC(=O)O1)[C@H](OC)/C=C/C=C(\C)C2. The van der Waals surface area contributed by atoms with E-state index in [1.54, 1.807) is 38.1 Å². The zero-order valence-corrected chi connectivity index (χ0v) is 34.2. The number of epoxide rings is 1. The predicted molar refractivity (Wildman–Crippen MR) is 207 cm³/mol. The van der Waals surface area contributed by atoms with Crippen molar-refractivity contribution in [1.29, 1.82) is 0 Å². The molecule has 0 unspecified atom stereocenters. The molecule has 2 saturated heterocycles. The maximum atomic E-state index is 14.6. The van der Waals surface area contributed by atoms with Gasteiger partial charge >= 0.3 is 12.1 Å². The van der Waals surface area contributed by atoms with E-state index in [1.807, 2.05) is 13.0 Å². The fraction of sp³-hybridized carbons (Fsp3) is 0.595. The van der Waals surface area contributed by atoms with Crippen molar-refractivity contribution < 1.29 is 52.8 Å². The summed E-state index contributed by atoms with van der Waals surface area (Å²) in [7, 11) is 8.82. The number of nitrogens with zero attached hydrogens (tertiary/aromatic N) is 2. The minimum Gasteiger partial charge on any atom is -0.495 e. The highest BCUT2D eigenvalue weighted by Gasteiger charge is 2.66. The summed E-state index contributed by atoms with van der Waals surface area (Å²) in [5.74, 6) is -0.983. The van der Waals surface area contributed by atoms with Crippen molar-refractivity contribution in [3.63, 3.8) is 0 Å². The number of esters is 1. The lowest BCUT2D eigenvalue weighted by Gasteiger charge is -2.42. The lowest BCUT2D eigenvalue weighted by atomic mass is 9.84. The number of alkyl carbamates (subject to hydrolysis) is 1. The van der Waals surface area contributed by atoms with Gasteiger partial charge in [0.2, 0.25) is 12.0 Å². The van der Waals surface area contributed by atoms with Crippen LogP contribution in [0.2, 0.25) is 5.02 Å². The first-order valence-electron chi connectivity index (χ1n) is 17.5. The Kier molecular flexibility index (Phi) is 14.9. The maximum absolute atomic E-state index is 14.6. The molecule has 3 heterocycles. The van der Waals surface area contributed by atoms with Crippen molar-refractivity contribution >= 4 is 69.0 Å². The summed E-state index contributed by atoms with van der Waals surface area (Å²) in [6.45, 7) is 6.79. The van der Waals surface area contributed by atoms with E-state index < -0.39 is 65.7 Å². The molecule has 3 aliphatic heterocycles. The third kappa shape index (κ3) is 9.93. The standard InChI is InChI=1S/C37H50ClN3O11S2/c1-21-11-9-12-28(49-8)37(47)20-27(50-35(46)39-37)22(2)31-36(4,52-31)32(33(44)41(6)25-18-24(17-21)19-26(48-7)30(25)38)51-34(45)23(3)40(5)29(43)13-16-54-53-15-10-14-42/h9,11-12,14,18-19,22-23,27-28,31-32,47H,10,13,15-17,20H2,1-8H3,(H,39,46)/b12-9+,21-11+/t22-,23+,27+,28-,31+,32+,36-,37+/m1/s1. The zero-order chi connectivity index (χ0) is 40.0. The first kappa shape index (κ1) is 43.4. The fourth-order valence-electron chi connectivity index (χ4n) is 6.58. The number of aliphatic hydroxyl groups is 1. The Labute approximate surface area is 329 Å². The minimum absolute atomic E-state index is 0.0858. The van der Waals surface area contributed by atoms with Crippen LogP contribution >= 0.6 is 33.2 Å². The van der Waals surface area contributed by atoms with Gasteiger partial charge in [-0.15, -0.1) is 0 Å². The number of ether oxygens (including phenoxy) is 5. The zero-order valence-electron chi connectivity index (χ0n) is 31.8. The first-order chi connectivity index (χ1) is 25.5. The summed E-state index contributed by atoms with van der Waals surface area (Å²) >= 11 is 6.79. The normalized spacial score (nSPS) is 30.5. The van der Waals surface area contributed by atoms with Crippen LogP contribution in [-0.4, -0.2) is 122 Å². The fourth-order valence-corrected chi connectivity index (χ4v) is 8.83. The van der Waals surface area contributed by atoms with E-state index >= 15 is 0 Å². The van der Waals surface area contributed by atoms with E-state index in [9.17, 15) is 29.1 Å². The van der Waals surface area contributed by atoms with Crippen molar-refractivity contribution in [3.8, 4) is 5.75 Å². The molecule has 0 aromatic heterocycles. The van der Waals surface area contributed by atoms with Crippen LogP contribution in [-0.2, 0) is 44.5 Å². The number of anilines is 1. The lowest BCUT2D eigenvalue weighted by molar-refractivity contribution is -0.165. The number of amides is 3. The topological polar surface area (TPSA) is 174 Å². The molecule has 1 aromatic carbocycles. The number of methoxy groups -OCH3 is 2. The number of benzene rings is 1. The molecule has 8 atom stereocenters. The van der Waals surface area contributed by atoms with Crippen molar-refractivity contribution in [1.82, 2.24) is 10.2 Å². The number of halogens is 1. The van der Waals surface area contributed by atoms with Crippen LogP contribution < -0.4 is 15.0 Å². The van der Waals surface area contributed by atoms with Gasteiger partial charge in [0.25, 0.3) is 5.91 Å². The molecule has 3 aliphatic rings. The molecule has 1 aromatic rings. The lowest BCUT2D eigenvalue weighted by Crippen LogP contribution is -2.63. The second kappa shape index (κ2) is 18.6. The van der Waals surface area contributed by atoms with Crippen LogP contribution in [0.1, 0.15) is 52.5 Å². The molecule has 0 aliphatic carbocycles. The molecule has 0 radical (unpaired) electrons. The number of hydrogen-bond acceptors (Lipinski definition) is 13. The number of nitrogens with one attached hydrogen (secondary N) is 1. The van der Waals surface area contributed by atoms with E-state index in [-0.39, 0.29) is 23.8 Å². The highest BCUT2D eigenvalue weighted by atomic mass is 35.5. The van der Waals surface area contributed by atoms with E-state index in [0.717, 1.165) is 17.4 Å². The van der Waals surface area contributed by atoms with Crippen LogP contribution in [0.4, 0.5) is 10.5 Å². The van der Waals surface area contributed by atoms with E-state index in [0.29, 0.717) is 35.8 Å². The van der Waals surface area contributed by atoms with Crippen molar-refractivity contribution in [2.75, 3.05) is 44.7 Å². The Bertz CT molecular complexity index is 1650. The maximum Gasteiger partial charge on any atom is 0.409 e. The second-order valence-corrected chi connectivity index (χ2v) is 17.0. The van der Waals surface area contributed by atoms with Crippen LogP contribution in [0.15, 0.2) is 35.9 Å². The van der Waals surface area contributed by atoms with Crippen LogP contribution in [0.3, 0.4) is 0 Å². The van der Waals surface area contributed by atoms with Gasteiger partial charge in [0.15, 0.2) is 5.72 Å². The van der Waals surface area contributed by atoms with Gasteiger partial charge in [-0.05, 0) is 44.9 Å². The van der Waals surface area contributed by atoms with Gasteiger partial charge in [0.05, 0.1) is 18.9 Å². The molecule has 4 rings (SSSR count). The molecule has 14 nitrogen and oxygen atoms in total. The van der Waals surface area contributed by atoms with E-state index in [2.05, 4.69) is 5.32 Å². The highest BCUT2D eigenvalue weighted by Crippen LogP contribution is 2.49. The van der Waals surface area contributed by atoms with E-state index in [4.69, 9.17) is 35.3 Å². The summed E-state index contributed by atoms with van der Waals surface area (Å²) in [6, 6.07) is 2.44. The monoisotopic (exact) mass is 811 g/mol. The number of likely N-dealkylation sites (N-methyl/N-ethyl adjacent to an activating group) is 2. The van der Waals surface area contributed by atoms with Gasteiger partial charge in [-0.1, -0.05) is 63.9 Å². The molecule has 3 amide bonds. The largest absolute Gasteiger partial charge is 0.495 e. The second-order valence-electron chi connectivity index (χ2n) is 13.9. The van der Waals surface area contributed by atoms with Gasteiger partial charge in [-0.25, -0.2) is 9.59 Å². The first-order valence-corrected chi connectivity index (χ1v) is 20.4. The van der Waals surface area contributed by atoms with Crippen molar-refractivity contribution in [2.45, 2.75) is 95.2 Å². The summed E-state index contributed by atoms with van der Waals surface area (Å²) in [6.07, 6.45) is 1.92. The molecular formula is C37H50ClN3O11S2. The molecular weight excluding hydrogens is 762 g/mol. The molecule has 2 N–H and O–H groups in total. The molecule has 0 spiro atoms. The number of carbonyl (C=O) groups is 5. The van der Waals surface area contributed by atoms with Crippen LogP contribution in [0.5, 0.6) is 5.75 Å². The smallest absolute Gasteiger partial charge is 0.409 e. The van der Waals surface area contributed by atoms with Gasteiger partial charge in [-0.2, -0.15) is 0 Å². The van der Waals surface area contributed by atoms with E-state index in [1.165, 1.54) is 66.6 Å². The van der Waals surface area contributed by atoms with Crippen LogP contribution in [0, 0.1) is 5.92 Å². The molecule has 54 heavy (non-hydrogen) atoms. The summed E-state index contributed by atoms with van der Waals surface area (Å²) in [5, 5.41) is 14.4. The number of carbonyl (C=O) groups excluding carboxylic acids is 5. The molecule has 4 bridgehead atoms. The molecule has 17 heteroatoms. The number of aldehydes is 1. The summed E-state index contributed by atoms with van der Waals surface area (Å²) < 4.78 is 29.1. The average Bonchev–Trinajstić information content (AvgIpc) is 3.83. The van der Waals surface area contributed by atoms with Gasteiger partial charge < -0.3 is 43.4 Å². The summed E-state index contributed by atoms with van der Waals surface area (Å²) in [4.78, 5) is 67.4. The summed E-state index contributed by atoms with van der Waals surface area (Å²) in [5.41, 5.74) is -1.31. The van der Waals surface area contributed by atoms with Crippen molar-refractivity contribution in [2.24, 2.45) is 5.92 Å². The highest BCUT2D eigenvalue weighted by molar-refractivity contribution is 8.76. The number of fused-ring (bicyclic) bond motifs is 5.